The van der Waals surface area contributed by atoms with E-state index in [0.717, 1.165) is 28.0 Å². The van der Waals surface area contributed by atoms with Crippen molar-refractivity contribution in [1.82, 2.24) is 20.0 Å². The highest BCUT2D eigenvalue weighted by atomic mass is 79.9. The van der Waals surface area contributed by atoms with E-state index in [2.05, 4.69) is 31.2 Å². The standard InChI is InChI=1S/C15H15BrN4O2/c1-3-20-14(12(16)9-17-20)15-19-18-13(22-15)8-10-4-6-11(21-2)7-5-10/h4-7,9H,3,8H2,1-2H3. The van der Waals surface area contributed by atoms with Gasteiger partial charge in [0, 0.05) is 6.54 Å². The average molecular weight is 363 g/mol. The molecule has 0 saturated heterocycles. The molecule has 0 aliphatic carbocycles. The zero-order chi connectivity index (χ0) is 15.5. The van der Waals surface area contributed by atoms with Crippen LogP contribution < -0.4 is 4.74 Å². The Labute approximate surface area is 136 Å². The van der Waals surface area contributed by atoms with Crippen molar-refractivity contribution in [2.24, 2.45) is 0 Å². The Morgan fingerprint density at radius 2 is 2.00 bits per heavy atom. The molecular formula is C15H15BrN4O2. The number of nitrogens with zero attached hydrogens (tertiary/aromatic N) is 4. The predicted octanol–water partition coefficient (Wildman–Crippen LogP) is 3.31. The molecule has 0 unspecified atom stereocenters. The largest absolute Gasteiger partial charge is 0.497 e. The van der Waals surface area contributed by atoms with Gasteiger partial charge >= 0.3 is 0 Å². The van der Waals surface area contributed by atoms with E-state index in [1.54, 1.807) is 13.3 Å². The maximum absolute atomic E-state index is 5.77. The molecule has 0 bridgehead atoms. The van der Waals surface area contributed by atoms with E-state index in [9.17, 15) is 0 Å². The van der Waals surface area contributed by atoms with Crippen molar-refractivity contribution in [3.8, 4) is 17.3 Å². The molecule has 6 nitrogen and oxygen atoms in total. The Morgan fingerprint density at radius 1 is 1.23 bits per heavy atom. The molecular weight excluding hydrogens is 348 g/mol. The van der Waals surface area contributed by atoms with Crippen LogP contribution in [0.3, 0.4) is 0 Å². The first-order chi connectivity index (χ1) is 10.7. The highest BCUT2D eigenvalue weighted by molar-refractivity contribution is 9.10. The van der Waals surface area contributed by atoms with Crippen LogP contribution >= 0.6 is 15.9 Å². The van der Waals surface area contributed by atoms with Crippen molar-refractivity contribution >= 4 is 15.9 Å². The minimum atomic E-state index is 0.467. The van der Waals surface area contributed by atoms with Gasteiger partial charge in [-0.25, -0.2) is 0 Å². The summed E-state index contributed by atoms with van der Waals surface area (Å²) in [6.45, 7) is 2.74. The summed E-state index contributed by atoms with van der Waals surface area (Å²) in [4.78, 5) is 0. The summed E-state index contributed by atoms with van der Waals surface area (Å²) < 4.78 is 13.6. The minimum absolute atomic E-state index is 0.467. The number of hydrogen-bond donors (Lipinski definition) is 0. The van der Waals surface area contributed by atoms with Gasteiger partial charge in [-0.3, -0.25) is 4.68 Å². The Hall–Kier alpha value is -2.15. The normalized spacial score (nSPS) is 10.9. The van der Waals surface area contributed by atoms with Gasteiger partial charge in [0.15, 0.2) is 0 Å². The Bertz CT molecular complexity index is 764. The average Bonchev–Trinajstić information content (AvgIpc) is 3.14. The van der Waals surface area contributed by atoms with Crippen LogP contribution in [0.25, 0.3) is 11.6 Å². The zero-order valence-electron chi connectivity index (χ0n) is 12.3. The van der Waals surface area contributed by atoms with Gasteiger partial charge in [0.1, 0.15) is 11.4 Å². The highest BCUT2D eigenvalue weighted by Gasteiger charge is 2.17. The van der Waals surface area contributed by atoms with E-state index in [4.69, 9.17) is 9.15 Å². The molecule has 0 atom stereocenters. The predicted molar refractivity (Wildman–Crippen MR) is 84.7 cm³/mol. The van der Waals surface area contributed by atoms with Gasteiger partial charge < -0.3 is 9.15 Å². The van der Waals surface area contributed by atoms with Crippen LogP contribution in [0.2, 0.25) is 0 Å². The number of benzene rings is 1. The summed E-state index contributed by atoms with van der Waals surface area (Å²) in [5, 5.41) is 12.5. The van der Waals surface area contributed by atoms with Crippen molar-refractivity contribution in [1.29, 1.82) is 0 Å². The molecule has 0 aliphatic rings. The smallest absolute Gasteiger partial charge is 0.267 e. The number of aromatic nitrogens is 4. The van der Waals surface area contributed by atoms with Crippen molar-refractivity contribution in [2.45, 2.75) is 19.9 Å². The molecule has 0 fully saturated rings. The molecule has 7 heteroatoms. The van der Waals surface area contributed by atoms with Gasteiger partial charge in [-0.05, 0) is 40.5 Å². The fourth-order valence-electron chi connectivity index (χ4n) is 2.15. The van der Waals surface area contributed by atoms with E-state index >= 15 is 0 Å². The lowest BCUT2D eigenvalue weighted by Gasteiger charge is -2.01. The van der Waals surface area contributed by atoms with Crippen LogP contribution in [-0.2, 0) is 13.0 Å². The molecule has 0 aliphatic heterocycles. The number of ether oxygens (including phenoxy) is 1. The number of hydrogen-bond acceptors (Lipinski definition) is 5. The quantitative estimate of drug-likeness (QED) is 0.696. The molecule has 0 spiro atoms. The van der Waals surface area contributed by atoms with E-state index in [1.807, 2.05) is 35.9 Å². The van der Waals surface area contributed by atoms with E-state index in [-0.39, 0.29) is 0 Å². The third kappa shape index (κ3) is 2.89. The molecule has 0 amide bonds. The van der Waals surface area contributed by atoms with E-state index in [0.29, 0.717) is 18.2 Å². The van der Waals surface area contributed by atoms with E-state index in [1.165, 1.54) is 0 Å². The molecule has 0 saturated carbocycles. The fourth-order valence-corrected chi connectivity index (χ4v) is 2.62. The lowest BCUT2D eigenvalue weighted by molar-refractivity contribution is 0.414. The van der Waals surface area contributed by atoms with Gasteiger partial charge in [-0.15, -0.1) is 10.2 Å². The molecule has 0 N–H and O–H groups in total. The van der Waals surface area contributed by atoms with Crippen LogP contribution in [0, 0.1) is 0 Å². The number of aryl methyl sites for hydroxylation is 1. The molecule has 114 valence electrons. The first-order valence-electron chi connectivity index (χ1n) is 6.88. The Morgan fingerprint density at radius 3 is 2.68 bits per heavy atom. The van der Waals surface area contributed by atoms with Gasteiger partial charge in [0.05, 0.1) is 24.2 Å². The topological polar surface area (TPSA) is 66.0 Å². The monoisotopic (exact) mass is 362 g/mol. The highest BCUT2D eigenvalue weighted by Crippen LogP contribution is 2.27. The van der Waals surface area contributed by atoms with Crippen LogP contribution in [0.1, 0.15) is 18.4 Å². The van der Waals surface area contributed by atoms with Crippen molar-refractivity contribution in [3.05, 3.63) is 46.4 Å². The minimum Gasteiger partial charge on any atom is -0.497 e. The van der Waals surface area contributed by atoms with Crippen molar-refractivity contribution < 1.29 is 9.15 Å². The maximum atomic E-state index is 5.77. The summed E-state index contributed by atoms with van der Waals surface area (Å²) in [6, 6.07) is 7.79. The van der Waals surface area contributed by atoms with Gasteiger partial charge in [0.2, 0.25) is 5.89 Å². The number of rotatable bonds is 5. The summed E-state index contributed by atoms with van der Waals surface area (Å²) in [6.07, 6.45) is 2.31. The van der Waals surface area contributed by atoms with Crippen molar-refractivity contribution in [2.75, 3.05) is 7.11 Å². The summed E-state index contributed by atoms with van der Waals surface area (Å²) in [5.74, 6) is 1.86. The molecule has 3 rings (SSSR count). The second kappa shape index (κ2) is 6.31. The van der Waals surface area contributed by atoms with Gasteiger partial charge in [0.25, 0.3) is 5.89 Å². The summed E-state index contributed by atoms with van der Waals surface area (Å²) in [5.41, 5.74) is 1.88. The number of methoxy groups -OCH3 is 1. The van der Waals surface area contributed by atoms with Gasteiger partial charge in [-0.2, -0.15) is 5.10 Å². The third-order valence-corrected chi connectivity index (χ3v) is 3.86. The lowest BCUT2D eigenvalue weighted by atomic mass is 10.1. The third-order valence-electron chi connectivity index (χ3n) is 3.28. The molecule has 3 aromatic rings. The first kappa shape index (κ1) is 14.8. The van der Waals surface area contributed by atoms with Crippen LogP contribution in [0.4, 0.5) is 0 Å². The summed E-state index contributed by atoms with van der Waals surface area (Å²) >= 11 is 3.46. The second-order valence-electron chi connectivity index (χ2n) is 4.68. The SMILES string of the molecule is CCn1ncc(Br)c1-c1nnc(Cc2ccc(OC)cc2)o1. The summed E-state index contributed by atoms with van der Waals surface area (Å²) in [7, 11) is 1.65. The van der Waals surface area contributed by atoms with Crippen LogP contribution in [0.5, 0.6) is 5.75 Å². The second-order valence-corrected chi connectivity index (χ2v) is 5.54. The Balaban J connectivity index is 1.82. The molecule has 22 heavy (non-hydrogen) atoms. The maximum Gasteiger partial charge on any atom is 0.267 e. The first-order valence-corrected chi connectivity index (χ1v) is 7.67. The molecule has 0 radical (unpaired) electrons. The zero-order valence-corrected chi connectivity index (χ0v) is 13.9. The number of halogens is 1. The Kier molecular flexibility index (Phi) is 4.24. The lowest BCUT2D eigenvalue weighted by Crippen LogP contribution is -1.99. The van der Waals surface area contributed by atoms with Crippen molar-refractivity contribution in [3.63, 3.8) is 0 Å². The van der Waals surface area contributed by atoms with Gasteiger partial charge in [-0.1, -0.05) is 12.1 Å². The van der Waals surface area contributed by atoms with Crippen LogP contribution in [0.15, 0.2) is 39.4 Å². The van der Waals surface area contributed by atoms with E-state index < -0.39 is 0 Å². The molecule has 1 aromatic carbocycles. The molecule has 2 aromatic heterocycles. The fraction of sp³-hybridized carbons (Fsp3) is 0.267. The van der Waals surface area contributed by atoms with Crippen LogP contribution in [-0.4, -0.2) is 27.1 Å². The molecule has 2 heterocycles.